The lowest BCUT2D eigenvalue weighted by Crippen LogP contribution is -2.08. The Hall–Kier alpha value is -1.75. The summed E-state index contributed by atoms with van der Waals surface area (Å²) in [7, 11) is 1.75. The van der Waals surface area contributed by atoms with Gasteiger partial charge in [-0.2, -0.15) is 0 Å². The van der Waals surface area contributed by atoms with Crippen LogP contribution < -0.4 is 0 Å². The zero-order valence-electron chi connectivity index (χ0n) is 9.27. The first-order valence-corrected chi connectivity index (χ1v) is 5.16. The summed E-state index contributed by atoms with van der Waals surface area (Å²) in [6.07, 6.45) is 2.51. The van der Waals surface area contributed by atoms with Crippen molar-refractivity contribution in [3.63, 3.8) is 0 Å². The maximum Gasteiger partial charge on any atom is 0.137 e. The lowest BCUT2D eigenvalue weighted by atomic mass is 10.1. The van der Waals surface area contributed by atoms with E-state index in [0.717, 1.165) is 6.07 Å². The average Bonchev–Trinajstić information content (AvgIpc) is 2.62. The third kappa shape index (κ3) is 2.68. The number of rotatable bonds is 3. The van der Waals surface area contributed by atoms with E-state index in [0.29, 0.717) is 11.4 Å². The molecular formula is C12H12F2N2O. The molecule has 1 heterocycles. The summed E-state index contributed by atoms with van der Waals surface area (Å²) >= 11 is 0. The van der Waals surface area contributed by atoms with E-state index in [1.165, 1.54) is 12.1 Å². The Morgan fingerprint density at radius 3 is 2.47 bits per heavy atom. The summed E-state index contributed by atoms with van der Waals surface area (Å²) < 4.78 is 27.6. The van der Waals surface area contributed by atoms with E-state index in [4.69, 9.17) is 0 Å². The van der Waals surface area contributed by atoms with E-state index in [1.54, 1.807) is 24.0 Å². The molecule has 2 rings (SSSR count). The number of aryl methyl sites for hydroxylation is 1. The van der Waals surface area contributed by atoms with Crippen LogP contribution in [0.15, 0.2) is 30.6 Å². The Bertz CT molecular complexity index is 505. The van der Waals surface area contributed by atoms with Gasteiger partial charge in [-0.1, -0.05) is 0 Å². The predicted molar refractivity (Wildman–Crippen MR) is 58.2 cm³/mol. The molecule has 2 aromatic rings. The van der Waals surface area contributed by atoms with Crippen LogP contribution in [-0.4, -0.2) is 14.7 Å². The van der Waals surface area contributed by atoms with Crippen LogP contribution in [0.5, 0.6) is 0 Å². The molecule has 1 aromatic carbocycles. The number of nitrogens with zero attached hydrogens (tertiary/aromatic N) is 2. The molecule has 0 saturated heterocycles. The minimum atomic E-state index is -0.879. The Labute approximate surface area is 97.3 Å². The van der Waals surface area contributed by atoms with Gasteiger partial charge in [-0.05, 0) is 17.7 Å². The lowest BCUT2D eigenvalue weighted by molar-refractivity contribution is 0.165. The molecule has 1 unspecified atom stereocenters. The molecule has 90 valence electrons. The quantitative estimate of drug-likeness (QED) is 0.887. The maximum atomic E-state index is 13.0. The molecule has 0 amide bonds. The van der Waals surface area contributed by atoms with Crippen LogP contribution in [0.1, 0.15) is 17.5 Å². The molecular weight excluding hydrogens is 226 g/mol. The van der Waals surface area contributed by atoms with Crippen molar-refractivity contribution in [1.82, 2.24) is 9.55 Å². The van der Waals surface area contributed by atoms with E-state index >= 15 is 0 Å². The summed E-state index contributed by atoms with van der Waals surface area (Å²) in [6.45, 7) is 0. The minimum absolute atomic E-state index is 0.125. The normalized spacial score (nSPS) is 12.7. The molecule has 0 radical (unpaired) electrons. The van der Waals surface area contributed by atoms with Gasteiger partial charge in [0.1, 0.15) is 23.6 Å². The molecule has 0 bridgehead atoms. The third-order valence-corrected chi connectivity index (χ3v) is 2.51. The van der Waals surface area contributed by atoms with E-state index in [9.17, 15) is 13.9 Å². The number of aliphatic hydroxyl groups is 1. The van der Waals surface area contributed by atoms with Crippen LogP contribution in [0.2, 0.25) is 0 Å². The molecule has 3 nitrogen and oxygen atoms in total. The molecule has 1 atom stereocenters. The first-order valence-electron chi connectivity index (χ1n) is 5.16. The van der Waals surface area contributed by atoms with Crippen LogP contribution >= 0.6 is 0 Å². The Kier molecular flexibility index (Phi) is 3.19. The summed E-state index contributed by atoms with van der Waals surface area (Å²) in [5.74, 6) is -0.825. The molecule has 0 fully saturated rings. The van der Waals surface area contributed by atoms with Crippen molar-refractivity contribution in [2.75, 3.05) is 0 Å². The fraction of sp³-hybridized carbons (Fsp3) is 0.250. The van der Waals surface area contributed by atoms with Crippen LogP contribution in [0.3, 0.4) is 0 Å². The smallest absolute Gasteiger partial charge is 0.137 e. The number of hydrogen-bond donors (Lipinski definition) is 1. The number of aliphatic hydroxyl groups excluding tert-OH is 1. The van der Waals surface area contributed by atoms with Crippen molar-refractivity contribution in [3.8, 4) is 0 Å². The van der Waals surface area contributed by atoms with Gasteiger partial charge < -0.3 is 9.67 Å². The van der Waals surface area contributed by atoms with E-state index in [2.05, 4.69) is 4.98 Å². The lowest BCUT2D eigenvalue weighted by Gasteiger charge is -2.10. The van der Waals surface area contributed by atoms with Crippen molar-refractivity contribution in [1.29, 1.82) is 0 Å². The van der Waals surface area contributed by atoms with Crippen LogP contribution in [0, 0.1) is 11.6 Å². The number of benzene rings is 1. The standard InChI is InChI=1S/C12H12F2N2O/c1-16-3-2-15-12(16)11(17)6-8-4-9(13)7-10(14)5-8/h2-5,7,11,17H,6H2,1H3. The van der Waals surface area contributed by atoms with E-state index in [-0.39, 0.29) is 6.42 Å². The molecule has 0 aliphatic heterocycles. The molecule has 1 N–H and O–H groups in total. The van der Waals surface area contributed by atoms with Crippen molar-refractivity contribution in [2.24, 2.45) is 7.05 Å². The van der Waals surface area contributed by atoms with Gasteiger partial charge in [0.15, 0.2) is 0 Å². The highest BCUT2D eigenvalue weighted by atomic mass is 19.1. The van der Waals surface area contributed by atoms with Gasteiger partial charge in [0.05, 0.1) is 0 Å². The maximum absolute atomic E-state index is 13.0. The Balaban J connectivity index is 2.18. The van der Waals surface area contributed by atoms with E-state index in [1.807, 2.05) is 0 Å². The number of halogens is 2. The molecule has 5 heteroatoms. The van der Waals surface area contributed by atoms with Gasteiger partial charge in [-0.15, -0.1) is 0 Å². The van der Waals surface area contributed by atoms with Crippen molar-refractivity contribution >= 4 is 0 Å². The molecule has 0 spiro atoms. The first kappa shape index (κ1) is 11.7. The summed E-state index contributed by atoms with van der Waals surface area (Å²) in [6, 6.07) is 3.21. The Morgan fingerprint density at radius 1 is 1.29 bits per heavy atom. The van der Waals surface area contributed by atoms with Gasteiger partial charge in [0, 0.05) is 31.9 Å². The predicted octanol–water partition coefficient (Wildman–Crippen LogP) is 1.97. The minimum Gasteiger partial charge on any atom is -0.385 e. The monoisotopic (exact) mass is 238 g/mol. The second-order valence-corrected chi connectivity index (χ2v) is 3.89. The van der Waals surface area contributed by atoms with Crippen molar-refractivity contribution < 1.29 is 13.9 Å². The van der Waals surface area contributed by atoms with Gasteiger partial charge in [-0.25, -0.2) is 13.8 Å². The van der Waals surface area contributed by atoms with Crippen LogP contribution in [0.4, 0.5) is 8.78 Å². The molecule has 0 aliphatic carbocycles. The first-order chi connectivity index (χ1) is 8.06. The largest absolute Gasteiger partial charge is 0.385 e. The van der Waals surface area contributed by atoms with Gasteiger partial charge in [-0.3, -0.25) is 0 Å². The SMILES string of the molecule is Cn1ccnc1C(O)Cc1cc(F)cc(F)c1. The van der Waals surface area contributed by atoms with Crippen LogP contribution in [0.25, 0.3) is 0 Å². The van der Waals surface area contributed by atoms with Gasteiger partial charge in [0.25, 0.3) is 0 Å². The zero-order chi connectivity index (χ0) is 12.4. The fourth-order valence-corrected chi connectivity index (χ4v) is 1.74. The summed E-state index contributed by atoms with van der Waals surface area (Å²) in [5, 5.41) is 9.90. The number of hydrogen-bond acceptors (Lipinski definition) is 2. The summed E-state index contributed by atoms with van der Waals surface area (Å²) in [5.41, 5.74) is 0.401. The highest BCUT2D eigenvalue weighted by molar-refractivity contribution is 5.19. The summed E-state index contributed by atoms with van der Waals surface area (Å²) in [4.78, 5) is 3.98. The third-order valence-electron chi connectivity index (χ3n) is 2.51. The number of aromatic nitrogens is 2. The van der Waals surface area contributed by atoms with Crippen LogP contribution in [-0.2, 0) is 13.5 Å². The molecule has 0 saturated carbocycles. The average molecular weight is 238 g/mol. The second-order valence-electron chi connectivity index (χ2n) is 3.89. The number of imidazole rings is 1. The molecule has 17 heavy (non-hydrogen) atoms. The molecule has 1 aromatic heterocycles. The highest BCUT2D eigenvalue weighted by Gasteiger charge is 2.14. The van der Waals surface area contributed by atoms with Gasteiger partial charge in [0.2, 0.25) is 0 Å². The second kappa shape index (κ2) is 4.63. The fourth-order valence-electron chi connectivity index (χ4n) is 1.74. The topological polar surface area (TPSA) is 38.0 Å². The van der Waals surface area contributed by atoms with E-state index < -0.39 is 17.7 Å². The van der Waals surface area contributed by atoms with Gasteiger partial charge >= 0.3 is 0 Å². The Morgan fingerprint density at radius 2 is 1.94 bits per heavy atom. The van der Waals surface area contributed by atoms with Crippen molar-refractivity contribution in [3.05, 3.63) is 53.6 Å². The zero-order valence-corrected chi connectivity index (χ0v) is 9.27. The van der Waals surface area contributed by atoms with Crippen molar-refractivity contribution in [2.45, 2.75) is 12.5 Å². The highest BCUT2D eigenvalue weighted by Crippen LogP contribution is 2.17. The molecule has 0 aliphatic rings.